The fourth-order valence-corrected chi connectivity index (χ4v) is 9.51. The second-order valence-corrected chi connectivity index (χ2v) is 19.1. The minimum Gasteiger partial charge on any atom is -0.459 e. The number of carbonyl (C=O) groups is 6. The van der Waals surface area contributed by atoms with E-state index in [-0.39, 0.29) is 84.5 Å². The van der Waals surface area contributed by atoms with Crippen molar-refractivity contribution < 1.29 is 66.7 Å². The smallest absolute Gasteiger partial charge is 0.407 e. The maximum atomic E-state index is 13.2. The summed E-state index contributed by atoms with van der Waals surface area (Å²) < 4.78 is 43.7. The number of hydrogen-bond donors (Lipinski definition) is 4. The van der Waals surface area contributed by atoms with Gasteiger partial charge in [-0.05, 0) is 74.0 Å². The fourth-order valence-electron chi connectivity index (χ4n) is 9.51. The zero-order valence-corrected chi connectivity index (χ0v) is 36.5. The number of fused-ring (bicyclic) bond motifs is 1. The van der Waals surface area contributed by atoms with Gasteiger partial charge in [-0.3, -0.25) is 0 Å². The highest BCUT2D eigenvalue weighted by atomic mass is 16.7. The lowest BCUT2D eigenvalue weighted by Crippen LogP contribution is -2.51. The topological polar surface area (TPSA) is 224 Å². The summed E-state index contributed by atoms with van der Waals surface area (Å²) >= 11 is 0. The number of nitrogens with one attached hydrogen (secondary N) is 4. The lowest BCUT2D eigenvalue weighted by molar-refractivity contribution is -0.140. The number of rotatable bonds is 16. The van der Waals surface area contributed by atoms with Gasteiger partial charge in [-0.15, -0.1) is 0 Å². The van der Waals surface area contributed by atoms with Gasteiger partial charge < -0.3 is 59.2 Å². The second-order valence-electron chi connectivity index (χ2n) is 19.1. The molecule has 4 rings (SSSR count). The van der Waals surface area contributed by atoms with Crippen LogP contribution in [0.25, 0.3) is 0 Å². The Morgan fingerprint density at radius 2 is 0.900 bits per heavy atom. The molecule has 0 aromatic rings. The molecule has 2 aliphatic carbocycles. The minimum absolute atomic E-state index is 0.0702. The zero-order valence-electron chi connectivity index (χ0n) is 36.5. The van der Waals surface area contributed by atoms with Crippen LogP contribution in [0.15, 0.2) is 24.3 Å². The van der Waals surface area contributed by atoms with Gasteiger partial charge >= 0.3 is 36.3 Å². The molecule has 2 heterocycles. The van der Waals surface area contributed by atoms with Crippen molar-refractivity contribution in [2.24, 2.45) is 21.7 Å². The molecule has 0 aromatic carbocycles. The molecule has 4 amide bonds. The van der Waals surface area contributed by atoms with Gasteiger partial charge in [-0.25, -0.2) is 28.8 Å². The van der Waals surface area contributed by atoms with Gasteiger partial charge in [-0.2, -0.15) is 0 Å². The Morgan fingerprint density at radius 1 is 0.550 bits per heavy atom. The summed E-state index contributed by atoms with van der Waals surface area (Å²) in [5.74, 6) is -1.11. The number of amides is 4. The molecule has 8 unspecified atom stereocenters. The molecule has 4 aliphatic rings. The Kier molecular flexibility index (Phi) is 16.3. The van der Waals surface area contributed by atoms with Crippen LogP contribution in [-0.2, 0) is 47.5 Å². The van der Waals surface area contributed by atoms with E-state index >= 15 is 0 Å². The lowest BCUT2D eigenvalue weighted by Gasteiger charge is -2.46. The van der Waals surface area contributed by atoms with Crippen LogP contribution in [0.3, 0.4) is 0 Å². The molecule has 60 heavy (non-hydrogen) atoms. The van der Waals surface area contributed by atoms with Crippen LogP contribution < -0.4 is 21.3 Å². The number of carbonyl (C=O) groups excluding carboxylic acids is 6. The van der Waals surface area contributed by atoms with Crippen molar-refractivity contribution in [2.75, 3.05) is 52.7 Å². The number of esters is 2. The van der Waals surface area contributed by atoms with Gasteiger partial charge in [0, 0.05) is 36.3 Å². The molecule has 18 nitrogen and oxygen atoms in total. The van der Waals surface area contributed by atoms with Crippen LogP contribution >= 0.6 is 0 Å². The third kappa shape index (κ3) is 14.9. The molecule has 2 aliphatic heterocycles. The molecule has 8 atom stereocenters. The third-order valence-electron chi connectivity index (χ3n) is 11.1. The van der Waals surface area contributed by atoms with Gasteiger partial charge in [0.2, 0.25) is 0 Å². The first-order valence-electron chi connectivity index (χ1n) is 20.6. The maximum absolute atomic E-state index is 13.2. The molecule has 0 aromatic heterocycles. The summed E-state index contributed by atoms with van der Waals surface area (Å²) in [6.07, 6.45) is -1.06. The average Bonchev–Trinajstić information content (AvgIpc) is 3.70. The van der Waals surface area contributed by atoms with Crippen molar-refractivity contribution in [1.29, 1.82) is 0 Å². The molecule has 338 valence electrons. The first-order valence-corrected chi connectivity index (χ1v) is 20.6. The Bertz CT molecular complexity index is 1500. The van der Waals surface area contributed by atoms with E-state index in [9.17, 15) is 28.8 Å². The Morgan fingerprint density at radius 3 is 1.25 bits per heavy atom. The van der Waals surface area contributed by atoms with Crippen LogP contribution in [0.2, 0.25) is 0 Å². The second kappa shape index (κ2) is 20.3. The van der Waals surface area contributed by atoms with Crippen molar-refractivity contribution in [3.63, 3.8) is 0 Å². The van der Waals surface area contributed by atoms with Crippen molar-refractivity contribution in [2.45, 2.75) is 130 Å². The van der Waals surface area contributed by atoms with Crippen LogP contribution in [0.1, 0.15) is 93.9 Å². The first-order chi connectivity index (χ1) is 28.0. The van der Waals surface area contributed by atoms with Gasteiger partial charge in [0.1, 0.15) is 38.6 Å². The Labute approximate surface area is 352 Å². The van der Waals surface area contributed by atoms with Crippen molar-refractivity contribution in [3.05, 3.63) is 24.3 Å². The van der Waals surface area contributed by atoms with E-state index in [1.807, 2.05) is 13.8 Å². The summed E-state index contributed by atoms with van der Waals surface area (Å²) in [6.45, 7) is 23.0. The SMILES string of the molecule is C=C(C)C(=O)OCCOC(=O)NCC1(C)CC(NC(=O)OC2COC3C(OC(=O)NC4CC(C)(C)CC(C)(CNC(=O)OCCOC(=O)C(=C)C)C4)COC23)CC(C)(C)C1. The summed E-state index contributed by atoms with van der Waals surface area (Å²) in [7, 11) is 0. The minimum atomic E-state index is -0.717. The molecule has 0 spiro atoms. The third-order valence-corrected chi connectivity index (χ3v) is 11.1. The Balaban J connectivity index is 1.19. The largest absolute Gasteiger partial charge is 0.459 e. The van der Waals surface area contributed by atoms with E-state index in [2.05, 4.69) is 62.1 Å². The number of ether oxygens (including phenoxy) is 8. The van der Waals surface area contributed by atoms with E-state index in [1.54, 1.807) is 0 Å². The van der Waals surface area contributed by atoms with E-state index in [1.165, 1.54) is 13.8 Å². The highest BCUT2D eigenvalue weighted by Gasteiger charge is 2.52. The Hall–Kier alpha value is -4.58. The molecule has 2 saturated heterocycles. The normalized spacial score (nSPS) is 30.0. The highest BCUT2D eigenvalue weighted by Crippen LogP contribution is 2.47. The quantitative estimate of drug-likeness (QED) is 0.0707. The van der Waals surface area contributed by atoms with Crippen molar-refractivity contribution in [3.8, 4) is 0 Å². The molecule has 2 saturated carbocycles. The molecular formula is C42H66N4O14. The summed E-state index contributed by atoms with van der Waals surface area (Å²) in [6, 6.07) is -0.483. The molecule has 4 fully saturated rings. The van der Waals surface area contributed by atoms with E-state index < -0.39 is 60.7 Å². The molecule has 0 bridgehead atoms. The van der Waals surface area contributed by atoms with E-state index in [0.29, 0.717) is 38.8 Å². The molecule has 0 radical (unpaired) electrons. The average molecular weight is 851 g/mol. The summed E-state index contributed by atoms with van der Waals surface area (Å²) in [4.78, 5) is 74.2. The molecular weight excluding hydrogens is 784 g/mol. The highest BCUT2D eigenvalue weighted by molar-refractivity contribution is 5.87. The van der Waals surface area contributed by atoms with E-state index in [4.69, 9.17) is 37.9 Å². The fraction of sp³-hybridized carbons (Fsp3) is 0.762. The van der Waals surface area contributed by atoms with Crippen LogP contribution in [-0.4, -0.2) is 126 Å². The lowest BCUT2D eigenvalue weighted by atomic mass is 9.62. The number of alkyl carbamates (subject to hydrolysis) is 4. The van der Waals surface area contributed by atoms with Gasteiger partial charge in [0.25, 0.3) is 0 Å². The van der Waals surface area contributed by atoms with Crippen LogP contribution in [0.4, 0.5) is 19.2 Å². The number of hydrogen-bond acceptors (Lipinski definition) is 14. The zero-order chi connectivity index (χ0) is 44.5. The van der Waals surface area contributed by atoms with E-state index in [0.717, 1.165) is 12.8 Å². The van der Waals surface area contributed by atoms with Crippen molar-refractivity contribution in [1.82, 2.24) is 21.3 Å². The van der Waals surface area contributed by atoms with Crippen molar-refractivity contribution >= 4 is 36.3 Å². The maximum Gasteiger partial charge on any atom is 0.407 e. The predicted octanol–water partition coefficient (Wildman–Crippen LogP) is 4.83. The molecule has 4 N–H and O–H groups in total. The standard InChI is InChI=1S/C42H66N4O14/c1-25(2)33(47)53-11-13-55-35(49)43-23-41(9)17-27(15-39(5,6)21-41)45-37(51)59-29-19-57-32-30(20-58-31(29)32)60-38(52)46-28-16-40(7,8)22-42(10,18-28)24-44-36(50)56-14-12-54-34(48)26(3)4/h27-32H,1,3,11-24H2,2,4-10H3,(H,43,49)(H,44,50)(H,45,51)(H,46,52). The molecule has 18 heteroatoms. The first kappa shape index (κ1) is 48.1. The summed E-state index contributed by atoms with van der Waals surface area (Å²) in [5, 5.41) is 11.6. The summed E-state index contributed by atoms with van der Waals surface area (Å²) in [5.41, 5.74) is -0.533. The van der Waals surface area contributed by atoms with Gasteiger partial charge in [0.15, 0.2) is 12.2 Å². The van der Waals surface area contributed by atoms with Gasteiger partial charge in [0.05, 0.1) is 13.2 Å². The monoisotopic (exact) mass is 850 g/mol. The van der Waals surface area contributed by atoms with Crippen LogP contribution in [0.5, 0.6) is 0 Å². The van der Waals surface area contributed by atoms with Crippen LogP contribution in [0, 0.1) is 21.7 Å². The predicted molar refractivity (Wildman–Crippen MR) is 216 cm³/mol. The van der Waals surface area contributed by atoms with Gasteiger partial charge in [-0.1, -0.05) is 54.7 Å².